The molecule has 1 unspecified atom stereocenters. The first kappa shape index (κ1) is 16.2. The zero-order valence-corrected chi connectivity index (χ0v) is 12.9. The van der Waals surface area contributed by atoms with Crippen LogP contribution >= 0.6 is 0 Å². The fourth-order valence-corrected chi connectivity index (χ4v) is 2.54. The van der Waals surface area contributed by atoms with E-state index in [1.54, 1.807) is 0 Å². The summed E-state index contributed by atoms with van der Waals surface area (Å²) >= 11 is 0. The van der Waals surface area contributed by atoms with Crippen LogP contribution < -0.4 is 5.32 Å². The molecule has 1 aliphatic rings. The Bertz CT molecular complexity index is 279. The van der Waals surface area contributed by atoms with Crippen LogP contribution in [0.4, 0.5) is 0 Å². The van der Waals surface area contributed by atoms with Gasteiger partial charge in [-0.3, -0.25) is 9.89 Å². The molecule has 1 aliphatic heterocycles. The Labute approximate surface area is 117 Å². The van der Waals surface area contributed by atoms with Crippen LogP contribution in [-0.4, -0.2) is 72.3 Å². The van der Waals surface area contributed by atoms with E-state index in [0.717, 1.165) is 45.1 Å². The summed E-state index contributed by atoms with van der Waals surface area (Å²) in [7, 11) is 0. The lowest BCUT2D eigenvalue weighted by Crippen LogP contribution is -2.42. The van der Waals surface area contributed by atoms with Crippen molar-refractivity contribution in [2.24, 2.45) is 4.99 Å². The van der Waals surface area contributed by atoms with E-state index in [-0.39, 0.29) is 6.10 Å². The van der Waals surface area contributed by atoms with Crippen molar-refractivity contribution in [1.82, 2.24) is 15.1 Å². The number of rotatable bonds is 6. The summed E-state index contributed by atoms with van der Waals surface area (Å²) in [4.78, 5) is 9.29. The SMILES string of the molecule is CCNC(=NCC(C)N(CC)CC)N1CC[C@@H](O)C1. The summed E-state index contributed by atoms with van der Waals surface area (Å²) in [6, 6.07) is 0.455. The predicted octanol–water partition coefficient (Wildman–Crippen LogP) is 0.749. The number of aliphatic imine (C=N–C) groups is 1. The van der Waals surface area contributed by atoms with Gasteiger partial charge in [-0.1, -0.05) is 13.8 Å². The van der Waals surface area contributed by atoms with Crippen molar-refractivity contribution in [3.8, 4) is 0 Å². The van der Waals surface area contributed by atoms with Gasteiger partial charge in [-0.2, -0.15) is 0 Å². The fourth-order valence-electron chi connectivity index (χ4n) is 2.54. The molecule has 0 spiro atoms. The minimum absolute atomic E-state index is 0.205. The molecule has 0 amide bonds. The number of hydrogen-bond donors (Lipinski definition) is 2. The maximum absolute atomic E-state index is 9.63. The van der Waals surface area contributed by atoms with Gasteiger partial charge >= 0.3 is 0 Å². The van der Waals surface area contributed by atoms with Crippen LogP contribution in [0, 0.1) is 0 Å². The largest absolute Gasteiger partial charge is 0.391 e. The first-order chi connectivity index (χ1) is 9.12. The third kappa shape index (κ3) is 4.99. The van der Waals surface area contributed by atoms with Crippen molar-refractivity contribution in [1.29, 1.82) is 0 Å². The maximum Gasteiger partial charge on any atom is 0.194 e. The van der Waals surface area contributed by atoms with Gasteiger partial charge in [0, 0.05) is 25.7 Å². The highest BCUT2D eigenvalue weighted by Gasteiger charge is 2.23. The highest BCUT2D eigenvalue weighted by Crippen LogP contribution is 2.09. The van der Waals surface area contributed by atoms with Crippen molar-refractivity contribution in [2.75, 3.05) is 39.3 Å². The Morgan fingerprint density at radius 1 is 1.42 bits per heavy atom. The van der Waals surface area contributed by atoms with Gasteiger partial charge in [0.15, 0.2) is 5.96 Å². The molecule has 0 radical (unpaired) electrons. The molecule has 0 aromatic carbocycles. The lowest BCUT2D eigenvalue weighted by atomic mass is 10.3. The molecule has 0 aromatic rings. The van der Waals surface area contributed by atoms with Gasteiger partial charge in [-0.05, 0) is 33.4 Å². The smallest absolute Gasteiger partial charge is 0.194 e. The van der Waals surface area contributed by atoms with E-state index in [1.807, 2.05) is 0 Å². The molecule has 19 heavy (non-hydrogen) atoms. The molecule has 0 aromatic heterocycles. The maximum atomic E-state index is 9.63. The number of guanidine groups is 1. The summed E-state index contributed by atoms with van der Waals surface area (Å²) in [5.74, 6) is 0.943. The van der Waals surface area contributed by atoms with Crippen molar-refractivity contribution < 1.29 is 5.11 Å². The first-order valence-corrected chi connectivity index (χ1v) is 7.57. The van der Waals surface area contributed by atoms with Gasteiger partial charge < -0.3 is 15.3 Å². The second-order valence-corrected chi connectivity index (χ2v) is 5.15. The van der Waals surface area contributed by atoms with E-state index in [1.165, 1.54) is 0 Å². The van der Waals surface area contributed by atoms with Gasteiger partial charge in [0.05, 0.1) is 12.6 Å². The molecule has 0 saturated carbocycles. The number of aliphatic hydroxyl groups is 1. The summed E-state index contributed by atoms with van der Waals surface area (Å²) in [6.07, 6.45) is 0.639. The Kier molecular flexibility index (Phi) is 7.16. The Morgan fingerprint density at radius 2 is 2.11 bits per heavy atom. The number of likely N-dealkylation sites (N-methyl/N-ethyl adjacent to an activating group) is 1. The number of nitrogens with zero attached hydrogens (tertiary/aromatic N) is 3. The van der Waals surface area contributed by atoms with Crippen LogP contribution in [0.3, 0.4) is 0 Å². The average molecular weight is 270 g/mol. The number of aliphatic hydroxyl groups excluding tert-OH is 1. The van der Waals surface area contributed by atoms with E-state index < -0.39 is 0 Å². The standard InChI is InChI=1S/C14H30N4O/c1-5-15-14(18-9-8-13(19)11-18)16-10-12(4)17(6-2)7-3/h12-13,19H,5-11H2,1-4H3,(H,15,16)/t12?,13-/m1/s1. The molecule has 1 heterocycles. The first-order valence-electron chi connectivity index (χ1n) is 7.57. The zero-order chi connectivity index (χ0) is 14.3. The molecule has 1 fully saturated rings. The molecule has 0 bridgehead atoms. The number of hydrogen-bond acceptors (Lipinski definition) is 3. The monoisotopic (exact) mass is 270 g/mol. The topological polar surface area (TPSA) is 51.1 Å². The van der Waals surface area contributed by atoms with Crippen LogP contribution in [0.25, 0.3) is 0 Å². The third-order valence-electron chi connectivity index (χ3n) is 3.74. The molecule has 0 aliphatic carbocycles. The quantitative estimate of drug-likeness (QED) is 0.552. The van der Waals surface area contributed by atoms with E-state index in [4.69, 9.17) is 4.99 Å². The van der Waals surface area contributed by atoms with Crippen molar-refractivity contribution in [3.63, 3.8) is 0 Å². The van der Waals surface area contributed by atoms with Gasteiger partial charge in [0.25, 0.3) is 0 Å². The summed E-state index contributed by atoms with van der Waals surface area (Å²) < 4.78 is 0. The van der Waals surface area contributed by atoms with Crippen LogP contribution in [0.2, 0.25) is 0 Å². The van der Waals surface area contributed by atoms with Gasteiger partial charge in [0.2, 0.25) is 0 Å². The minimum atomic E-state index is -0.205. The van der Waals surface area contributed by atoms with E-state index in [9.17, 15) is 5.11 Å². The van der Waals surface area contributed by atoms with Crippen molar-refractivity contribution in [3.05, 3.63) is 0 Å². The highest BCUT2D eigenvalue weighted by molar-refractivity contribution is 5.80. The molecular weight excluding hydrogens is 240 g/mol. The van der Waals surface area contributed by atoms with E-state index in [0.29, 0.717) is 12.6 Å². The number of β-amino-alcohol motifs (C(OH)–C–C–N with tert-alkyl or cyclic N) is 1. The molecule has 5 nitrogen and oxygen atoms in total. The van der Waals surface area contributed by atoms with Crippen molar-refractivity contribution in [2.45, 2.75) is 46.3 Å². The fraction of sp³-hybridized carbons (Fsp3) is 0.929. The lowest BCUT2D eigenvalue weighted by Gasteiger charge is -2.26. The average Bonchev–Trinajstić information content (AvgIpc) is 2.82. The molecule has 2 N–H and O–H groups in total. The molecule has 1 rings (SSSR count). The van der Waals surface area contributed by atoms with Gasteiger partial charge in [-0.25, -0.2) is 0 Å². The summed E-state index contributed by atoms with van der Waals surface area (Å²) in [6.45, 7) is 14.1. The predicted molar refractivity (Wildman–Crippen MR) is 80.6 cm³/mol. The molecule has 2 atom stereocenters. The zero-order valence-electron chi connectivity index (χ0n) is 12.9. The van der Waals surface area contributed by atoms with Crippen molar-refractivity contribution >= 4 is 5.96 Å². The normalized spacial score (nSPS) is 22.1. The van der Waals surface area contributed by atoms with Gasteiger partial charge in [0.1, 0.15) is 0 Å². The second-order valence-electron chi connectivity index (χ2n) is 5.15. The molecule has 5 heteroatoms. The molecule has 112 valence electrons. The summed E-state index contributed by atoms with van der Waals surface area (Å²) in [5, 5.41) is 12.9. The summed E-state index contributed by atoms with van der Waals surface area (Å²) in [5.41, 5.74) is 0. The van der Waals surface area contributed by atoms with Crippen LogP contribution in [-0.2, 0) is 0 Å². The second kappa shape index (κ2) is 8.38. The van der Waals surface area contributed by atoms with Crippen LogP contribution in [0.5, 0.6) is 0 Å². The minimum Gasteiger partial charge on any atom is -0.391 e. The van der Waals surface area contributed by atoms with E-state index >= 15 is 0 Å². The number of nitrogens with one attached hydrogen (secondary N) is 1. The lowest BCUT2D eigenvalue weighted by molar-refractivity contribution is 0.187. The third-order valence-corrected chi connectivity index (χ3v) is 3.74. The molecule has 1 saturated heterocycles. The van der Waals surface area contributed by atoms with Gasteiger partial charge in [-0.15, -0.1) is 0 Å². The van der Waals surface area contributed by atoms with E-state index in [2.05, 4.69) is 42.8 Å². The molecular formula is C14H30N4O. The highest BCUT2D eigenvalue weighted by atomic mass is 16.3. The Hall–Kier alpha value is -0.810. The van der Waals surface area contributed by atoms with Crippen LogP contribution in [0.1, 0.15) is 34.1 Å². The Morgan fingerprint density at radius 3 is 2.58 bits per heavy atom. The van der Waals surface area contributed by atoms with Crippen LogP contribution in [0.15, 0.2) is 4.99 Å². The Balaban J connectivity index is 2.57. The number of likely N-dealkylation sites (tertiary alicyclic amines) is 1.